The topological polar surface area (TPSA) is 49.0 Å². The van der Waals surface area contributed by atoms with E-state index in [0.29, 0.717) is 5.56 Å². The quantitative estimate of drug-likeness (QED) is 0.203. The average Bonchev–Trinajstić information content (AvgIpc) is 3.50. The van der Waals surface area contributed by atoms with Crippen LogP contribution in [0.4, 0.5) is 0 Å². The molecule has 0 saturated heterocycles. The van der Waals surface area contributed by atoms with Crippen molar-refractivity contribution in [3.63, 3.8) is 0 Å². The van der Waals surface area contributed by atoms with E-state index in [1.54, 1.807) is 12.3 Å². The molecular weight excluding hydrogens is 470 g/mol. The van der Waals surface area contributed by atoms with Crippen LogP contribution >= 0.6 is 0 Å². The van der Waals surface area contributed by atoms with Crippen LogP contribution in [-0.2, 0) is 23.4 Å². The summed E-state index contributed by atoms with van der Waals surface area (Å²) in [5, 5.41) is 2.24. The Morgan fingerprint density at radius 3 is 1.84 bits per heavy atom. The second-order valence-corrected chi connectivity index (χ2v) is 10.5. The molecule has 6 rings (SSSR count). The van der Waals surface area contributed by atoms with Crippen molar-refractivity contribution in [3.8, 4) is 0 Å². The van der Waals surface area contributed by atoms with Gasteiger partial charge in [0.2, 0.25) is 0 Å². The number of pyridine rings is 1. The number of aromatic nitrogens is 3. The Balaban J connectivity index is 1.78. The van der Waals surface area contributed by atoms with Gasteiger partial charge in [-0.25, -0.2) is 4.79 Å². The van der Waals surface area contributed by atoms with Crippen LogP contribution in [-0.4, -0.2) is 20.1 Å². The molecular formula is C33H35N3O2. The Morgan fingerprint density at radius 1 is 0.789 bits per heavy atom. The van der Waals surface area contributed by atoms with E-state index >= 15 is 0 Å². The maximum Gasteiger partial charge on any atom is 0.340 e. The Labute approximate surface area is 224 Å². The monoisotopic (exact) mass is 505 g/mol. The van der Waals surface area contributed by atoms with E-state index in [0.717, 1.165) is 77.6 Å². The largest absolute Gasteiger partial charge is 0.440 e. The summed E-state index contributed by atoms with van der Waals surface area (Å²) in [5.74, 6) is -0.294. The molecule has 0 aliphatic carbocycles. The fraction of sp³-hybridized carbons (Fsp3) is 0.333. The van der Waals surface area contributed by atoms with Gasteiger partial charge in [0, 0.05) is 75.4 Å². The van der Waals surface area contributed by atoms with Crippen molar-refractivity contribution in [1.82, 2.24) is 14.1 Å². The number of fused-ring (bicyclic) bond motifs is 3. The molecule has 0 unspecified atom stereocenters. The lowest BCUT2D eigenvalue weighted by Crippen LogP contribution is -2.31. The minimum Gasteiger partial charge on any atom is -0.440 e. The fourth-order valence-electron chi connectivity index (χ4n) is 6.56. The Hall–Kier alpha value is -3.86. The smallest absolute Gasteiger partial charge is 0.340 e. The second-order valence-electron chi connectivity index (χ2n) is 10.5. The van der Waals surface area contributed by atoms with Crippen LogP contribution in [0.2, 0.25) is 0 Å². The molecule has 5 aromatic rings. The number of cyclic esters (lactones) is 1. The Morgan fingerprint density at radius 2 is 1.32 bits per heavy atom. The molecule has 0 saturated carbocycles. The predicted octanol–water partition coefficient (Wildman–Crippen LogP) is 7.67. The molecule has 0 amide bonds. The van der Waals surface area contributed by atoms with Crippen LogP contribution in [0.5, 0.6) is 0 Å². The molecule has 1 aliphatic heterocycles. The van der Waals surface area contributed by atoms with Crippen LogP contribution in [0.25, 0.3) is 21.8 Å². The van der Waals surface area contributed by atoms with Crippen LogP contribution in [0.15, 0.2) is 67.0 Å². The molecule has 0 N–H and O–H groups in total. The first kappa shape index (κ1) is 24.5. The number of esters is 1. The van der Waals surface area contributed by atoms with Crippen molar-refractivity contribution < 1.29 is 9.53 Å². The first-order valence-electron chi connectivity index (χ1n) is 13.9. The summed E-state index contributed by atoms with van der Waals surface area (Å²) in [6.45, 7) is 10.6. The maximum absolute atomic E-state index is 13.6. The normalized spacial score (nSPS) is 14.4. The number of carbonyl (C=O) groups is 1. The molecule has 1 aliphatic rings. The first-order chi connectivity index (χ1) is 18.5. The lowest BCUT2D eigenvalue weighted by Gasteiger charge is -2.31. The number of unbranched alkanes of at least 4 members (excludes halogenated alkanes) is 2. The molecule has 4 heterocycles. The molecule has 0 spiro atoms. The van der Waals surface area contributed by atoms with Crippen LogP contribution in [0.3, 0.4) is 0 Å². The van der Waals surface area contributed by atoms with Gasteiger partial charge in [0.05, 0.1) is 5.56 Å². The summed E-state index contributed by atoms with van der Waals surface area (Å²) < 4.78 is 11.5. The van der Waals surface area contributed by atoms with Crippen LogP contribution in [0, 0.1) is 13.8 Å². The average molecular weight is 506 g/mol. The van der Waals surface area contributed by atoms with E-state index in [4.69, 9.17) is 4.74 Å². The highest BCUT2D eigenvalue weighted by atomic mass is 16.6. The zero-order chi connectivity index (χ0) is 26.4. The van der Waals surface area contributed by atoms with Gasteiger partial charge < -0.3 is 13.9 Å². The highest BCUT2D eigenvalue weighted by Gasteiger charge is 2.53. The number of aryl methyl sites for hydroxylation is 2. The van der Waals surface area contributed by atoms with Gasteiger partial charge in [0.15, 0.2) is 5.60 Å². The lowest BCUT2D eigenvalue weighted by molar-refractivity contribution is 0.0255. The van der Waals surface area contributed by atoms with Crippen molar-refractivity contribution in [3.05, 3.63) is 101 Å². The molecule has 0 bridgehead atoms. The van der Waals surface area contributed by atoms with Gasteiger partial charge in [-0.15, -0.1) is 0 Å². The number of carbonyl (C=O) groups excluding carboxylic acids is 1. The lowest BCUT2D eigenvalue weighted by atomic mass is 9.78. The first-order valence-corrected chi connectivity index (χ1v) is 13.9. The van der Waals surface area contributed by atoms with E-state index in [9.17, 15) is 4.79 Å². The number of benzene rings is 2. The van der Waals surface area contributed by atoms with Gasteiger partial charge in [0.25, 0.3) is 0 Å². The van der Waals surface area contributed by atoms with Gasteiger partial charge in [-0.05, 0) is 44.9 Å². The summed E-state index contributed by atoms with van der Waals surface area (Å²) >= 11 is 0. The van der Waals surface area contributed by atoms with Crippen molar-refractivity contribution in [2.45, 2.75) is 72.1 Å². The maximum atomic E-state index is 13.6. The summed E-state index contributed by atoms with van der Waals surface area (Å²) in [4.78, 5) is 18.1. The molecule has 5 heteroatoms. The molecule has 0 radical (unpaired) electrons. The molecule has 0 atom stereocenters. The minimum atomic E-state index is -1.09. The summed E-state index contributed by atoms with van der Waals surface area (Å²) in [7, 11) is 0. The third-order valence-electron chi connectivity index (χ3n) is 8.30. The van der Waals surface area contributed by atoms with Crippen LogP contribution in [0.1, 0.15) is 78.0 Å². The summed E-state index contributed by atoms with van der Waals surface area (Å²) in [6.07, 6.45) is 7.91. The number of rotatable bonds is 8. The SMILES string of the molecule is CCCCn1c(C)c(C2(c3c(C)n(CCCC)c4ccccc34)OC(=O)c3ccncc32)c2ccccc21. The second kappa shape index (κ2) is 9.46. The van der Waals surface area contributed by atoms with Crippen molar-refractivity contribution >= 4 is 27.8 Å². The standard InChI is InChI=1S/C33H35N3O2/c1-5-7-19-35-22(3)30(25-13-9-11-15-28(25)35)33(27-21-34-18-17-24(27)32(37)38-33)31-23(4)36(20-8-6-2)29-16-12-10-14-26(29)31/h9-18,21H,5-8,19-20H2,1-4H3. The third-order valence-corrected chi connectivity index (χ3v) is 8.30. The molecule has 38 heavy (non-hydrogen) atoms. The van der Waals surface area contributed by atoms with E-state index < -0.39 is 5.60 Å². The highest BCUT2D eigenvalue weighted by molar-refractivity contribution is 6.01. The van der Waals surface area contributed by atoms with Crippen molar-refractivity contribution in [2.24, 2.45) is 0 Å². The fourth-order valence-corrected chi connectivity index (χ4v) is 6.56. The van der Waals surface area contributed by atoms with E-state index in [-0.39, 0.29) is 5.97 Å². The number of hydrogen-bond donors (Lipinski definition) is 0. The van der Waals surface area contributed by atoms with E-state index in [1.165, 1.54) is 11.0 Å². The number of nitrogens with zero attached hydrogens (tertiary/aromatic N) is 3. The van der Waals surface area contributed by atoms with E-state index in [1.807, 2.05) is 6.20 Å². The third kappa shape index (κ3) is 3.37. The number of ether oxygens (including phenoxy) is 1. The van der Waals surface area contributed by atoms with Crippen molar-refractivity contribution in [2.75, 3.05) is 0 Å². The zero-order valence-electron chi connectivity index (χ0n) is 22.8. The van der Waals surface area contributed by atoms with Gasteiger partial charge in [0.1, 0.15) is 0 Å². The minimum absolute atomic E-state index is 0.294. The van der Waals surface area contributed by atoms with Gasteiger partial charge in [-0.3, -0.25) is 4.98 Å². The van der Waals surface area contributed by atoms with Crippen molar-refractivity contribution in [1.29, 1.82) is 0 Å². The molecule has 2 aromatic carbocycles. The number of hydrogen-bond acceptors (Lipinski definition) is 3. The molecule has 5 nitrogen and oxygen atoms in total. The summed E-state index contributed by atoms with van der Waals surface area (Å²) in [5.41, 5.74) is 7.03. The molecule has 0 fully saturated rings. The molecule has 3 aromatic heterocycles. The van der Waals surface area contributed by atoms with E-state index in [2.05, 4.69) is 90.3 Å². The summed E-state index contributed by atoms with van der Waals surface area (Å²) in [6, 6.07) is 18.9. The predicted molar refractivity (Wildman–Crippen MR) is 153 cm³/mol. The Bertz CT molecular complexity index is 1580. The molecule has 194 valence electrons. The van der Waals surface area contributed by atoms with Gasteiger partial charge in [-0.1, -0.05) is 63.1 Å². The van der Waals surface area contributed by atoms with Crippen LogP contribution < -0.4 is 0 Å². The number of para-hydroxylation sites is 2. The Kier molecular flexibility index (Phi) is 6.10. The van der Waals surface area contributed by atoms with Gasteiger partial charge >= 0.3 is 5.97 Å². The zero-order valence-corrected chi connectivity index (χ0v) is 22.8. The highest BCUT2D eigenvalue weighted by Crippen LogP contribution is 2.53. The van der Waals surface area contributed by atoms with Gasteiger partial charge in [-0.2, -0.15) is 0 Å².